The minimum absolute atomic E-state index is 0.0752. The monoisotopic (exact) mass is 287 g/mol. The predicted molar refractivity (Wildman–Crippen MR) is 83.3 cm³/mol. The molecule has 0 fully saturated rings. The van der Waals surface area contributed by atoms with E-state index in [2.05, 4.69) is 45.4 Å². The van der Waals surface area contributed by atoms with Crippen molar-refractivity contribution in [2.75, 3.05) is 13.7 Å². The zero-order chi connectivity index (χ0) is 15.3. The van der Waals surface area contributed by atoms with Crippen molar-refractivity contribution in [2.24, 2.45) is 4.99 Å². The molecular weight excluding hydrogens is 266 g/mol. The van der Waals surface area contributed by atoms with Crippen LogP contribution in [0, 0.1) is 11.8 Å². The van der Waals surface area contributed by atoms with Crippen molar-refractivity contribution in [3.05, 3.63) is 35.9 Å². The molecule has 21 heavy (non-hydrogen) atoms. The number of rotatable bonds is 6. The number of benzene rings is 1. The summed E-state index contributed by atoms with van der Waals surface area (Å²) in [7, 11) is 1.27. The van der Waals surface area contributed by atoms with Gasteiger partial charge in [0, 0.05) is 6.42 Å². The molecule has 1 atom stereocenters. The summed E-state index contributed by atoms with van der Waals surface area (Å²) in [6.45, 7) is 2.15. The SMILES string of the molecule is COC(=O)OCC#CCCCC=N[C@H](C)c1ccccc1. The van der Waals surface area contributed by atoms with Crippen LogP contribution in [0.5, 0.6) is 0 Å². The van der Waals surface area contributed by atoms with E-state index in [4.69, 9.17) is 0 Å². The van der Waals surface area contributed by atoms with Crippen LogP contribution in [-0.2, 0) is 9.47 Å². The summed E-state index contributed by atoms with van der Waals surface area (Å²) in [5.74, 6) is 5.70. The lowest BCUT2D eigenvalue weighted by molar-refractivity contribution is 0.0832. The first-order valence-electron chi connectivity index (χ1n) is 6.97. The third kappa shape index (κ3) is 7.78. The van der Waals surface area contributed by atoms with Crippen molar-refractivity contribution in [2.45, 2.75) is 32.2 Å². The van der Waals surface area contributed by atoms with Crippen LogP contribution in [0.3, 0.4) is 0 Å². The maximum atomic E-state index is 10.6. The second kappa shape index (κ2) is 10.5. The molecule has 0 heterocycles. The topological polar surface area (TPSA) is 47.9 Å². The molecule has 0 aliphatic carbocycles. The third-order valence-corrected chi connectivity index (χ3v) is 2.80. The van der Waals surface area contributed by atoms with E-state index in [-0.39, 0.29) is 12.6 Å². The number of carbonyl (C=O) groups excluding carboxylic acids is 1. The standard InChI is InChI=1S/C17H21NO3/c1-15(16-11-7-6-8-12-16)18-13-9-4-3-5-10-14-21-17(19)20-2/h6-8,11-13,15H,3-4,9,14H2,1-2H3/t15-/m1/s1. The lowest BCUT2D eigenvalue weighted by Crippen LogP contribution is -2.03. The maximum absolute atomic E-state index is 10.6. The van der Waals surface area contributed by atoms with Gasteiger partial charge < -0.3 is 9.47 Å². The second-order valence-electron chi connectivity index (χ2n) is 4.41. The van der Waals surface area contributed by atoms with Crippen LogP contribution >= 0.6 is 0 Å². The van der Waals surface area contributed by atoms with Crippen molar-refractivity contribution < 1.29 is 14.3 Å². The lowest BCUT2D eigenvalue weighted by Gasteiger charge is -2.05. The number of carbonyl (C=O) groups is 1. The highest BCUT2D eigenvalue weighted by Gasteiger charge is 1.99. The van der Waals surface area contributed by atoms with Gasteiger partial charge in [0.2, 0.25) is 0 Å². The van der Waals surface area contributed by atoms with Gasteiger partial charge in [-0.1, -0.05) is 42.2 Å². The molecule has 0 N–H and O–H groups in total. The molecule has 0 saturated carbocycles. The van der Waals surface area contributed by atoms with E-state index < -0.39 is 6.16 Å². The Morgan fingerprint density at radius 2 is 2.10 bits per heavy atom. The minimum Gasteiger partial charge on any atom is -0.438 e. The van der Waals surface area contributed by atoms with Crippen molar-refractivity contribution in [1.82, 2.24) is 0 Å². The lowest BCUT2D eigenvalue weighted by atomic mass is 10.1. The Labute approximate surface area is 126 Å². The summed E-state index contributed by atoms with van der Waals surface area (Å²) in [6, 6.07) is 10.4. The Morgan fingerprint density at radius 3 is 2.81 bits per heavy atom. The summed E-state index contributed by atoms with van der Waals surface area (Å²) in [4.78, 5) is 15.1. The van der Waals surface area contributed by atoms with Crippen molar-refractivity contribution in [3.8, 4) is 11.8 Å². The number of nitrogens with zero attached hydrogens (tertiary/aromatic N) is 1. The molecule has 1 aromatic rings. The normalized spacial score (nSPS) is 11.5. The van der Waals surface area contributed by atoms with E-state index in [9.17, 15) is 4.79 Å². The van der Waals surface area contributed by atoms with E-state index in [1.807, 2.05) is 24.4 Å². The van der Waals surface area contributed by atoms with Gasteiger partial charge >= 0.3 is 6.16 Å². The minimum atomic E-state index is -0.702. The van der Waals surface area contributed by atoms with Gasteiger partial charge in [0.1, 0.15) is 0 Å². The van der Waals surface area contributed by atoms with Crippen molar-refractivity contribution in [1.29, 1.82) is 0 Å². The summed E-state index contributed by atoms with van der Waals surface area (Å²) < 4.78 is 8.96. The van der Waals surface area contributed by atoms with Gasteiger partial charge in [-0.2, -0.15) is 0 Å². The molecule has 4 nitrogen and oxygen atoms in total. The summed E-state index contributed by atoms with van der Waals surface area (Å²) in [6.07, 6.45) is 3.84. The maximum Gasteiger partial charge on any atom is 0.508 e. The molecule has 0 saturated heterocycles. The number of ether oxygens (including phenoxy) is 2. The van der Waals surface area contributed by atoms with Gasteiger partial charge in [0.15, 0.2) is 6.61 Å². The fourth-order valence-electron chi connectivity index (χ4n) is 1.63. The predicted octanol–water partition coefficient (Wildman–Crippen LogP) is 3.78. The van der Waals surface area contributed by atoms with E-state index in [0.717, 1.165) is 19.3 Å². The fraction of sp³-hybridized carbons (Fsp3) is 0.412. The molecule has 112 valence electrons. The Balaban J connectivity index is 2.13. The molecule has 0 unspecified atom stereocenters. The second-order valence-corrected chi connectivity index (χ2v) is 4.41. The fourth-order valence-corrected chi connectivity index (χ4v) is 1.63. The zero-order valence-corrected chi connectivity index (χ0v) is 12.5. The Hall–Kier alpha value is -2.28. The number of methoxy groups -OCH3 is 1. The molecule has 0 spiro atoms. The van der Waals surface area contributed by atoms with Gasteiger partial charge in [-0.05, 0) is 31.5 Å². The third-order valence-electron chi connectivity index (χ3n) is 2.80. The summed E-state index contributed by atoms with van der Waals surface area (Å²) in [5.41, 5.74) is 1.22. The van der Waals surface area contributed by atoms with Crippen molar-refractivity contribution >= 4 is 12.4 Å². The van der Waals surface area contributed by atoms with Gasteiger partial charge in [0.05, 0.1) is 13.2 Å². The molecule has 0 bridgehead atoms. The average Bonchev–Trinajstić information content (AvgIpc) is 2.53. The van der Waals surface area contributed by atoms with Crippen molar-refractivity contribution in [3.63, 3.8) is 0 Å². The van der Waals surface area contributed by atoms with Crippen LogP contribution in [-0.4, -0.2) is 26.1 Å². The van der Waals surface area contributed by atoms with Gasteiger partial charge in [-0.15, -0.1) is 0 Å². The Kier molecular flexibility index (Phi) is 8.39. The van der Waals surface area contributed by atoms with Gasteiger partial charge in [-0.25, -0.2) is 4.79 Å². The molecule has 1 rings (SSSR count). The molecule has 1 aromatic carbocycles. The molecule has 4 heteroatoms. The van der Waals surface area contributed by atoms with E-state index in [1.54, 1.807) is 0 Å². The highest BCUT2D eigenvalue weighted by molar-refractivity contribution is 5.59. The zero-order valence-electron chi connectivity index (χ0n) is 12.5. The first kappa shape index (κ1) is 16.8. The van der Waals surface area contributed by atoms with Crippen LogP contribution in [0.2, 0.25) is 0 Å². The highest BCUT2D eigenvalue weighted by atomic mass is 16.7. The number of aliphatic imine (C=N–C) groups is 1. The molecule has 0 aromatic heterocycles. The number of hydrogen-bond donors (Lipinski definition) is 0. The Bertz CT molecular complexity index is 500. The molecule has 0 aliphatic heterocycles. The summed E-state index contributed by atoms with van der Waals surface area (Å²) in [5, 5.41) is 0. The highest BCUT2D eigenvalue weighted by Crippen LogP contribution is 2.15. The van der Waals surface area contributed by atoms with E-state index >= 15 is 0 Å². The first-order valence-corrected chi connectivity index (χ1v) is 6.97. The smallest absolute Gasteiger partial charge is 0.438 e. The molecular formula is C17H21NO3. The molecule has 0 radical (unpaired) electrons. The molecule has 0 amide bonds. The summed E-state index contributed by atoms with van der Waals surface area (Å²) >= 11 is 0. The molecule has 0 aliphatic rings. The van der Waals surface area contributed by atoms with Crippen LogP contribution in [0.4, 0.5) is 4.79 Å². The number of hydrogen-bond acceptors (Lipinski definition) is 4. The quantitative estimate of drug-likeness (QED) is 0.346. The largest absolute Gasteiger partial charge is 0.508 e. The van der Waals surface area contributed by atoms with E-state index in [0.29, 0.717) is 0 Å². The van der Waals surface area contributed by atoms with Crippen LogP contribution < -0.4 is 0 Å². The van der Waals surface area contributed by atoms with E-state index in [1.165, 1.54) is 12.7 Å². The van der Waals surface area contributed by atoms with Crippen LogP contribution in [0.15, 0.2) is 35.3 Å². The first-order chi connectivity index (χ1) is 10.2. The Morgan fingerprint density at radius 1 is 1.33 bits per heavy atom. The number of unbranched alkanes of at least 4 members (excludes halogenated alkanes) is 2. The van der Waals surface area contributed by atoms with Gasteiger partial charge in [0.25, 0.3) is 0 Å². The van der Waals surface area contributed by atoms with Gasteiger partial charge in [-0.3, -0.25) is 4.99 Å². The average molecular weight is 287 g/mol. The van der Waals surface area contributed by atoms with Crippen LogP contribution in [0.25, 0.3) is 0 Å². The van der Waals surface area contributed by atoms with Crippen LogP contribution in [0.1, 0.15) is 37.8 Å².